The molecule has 4 heterocycles. The molecule has 6 rings (SSSR count). The fourth-order valence-corrected chi connectivity index (χ4v) is 7.08. The highest BCUT2D eigenvalue weighted by Gasteiger charge is 2.46. The number of aromatic nitrogens is 2. The highest BCUT2D eigenvalue weighted by Crippen LogP contribution is 2.35. The molecule has 6 amide bonds. The molecule has 4 N–H and O–H groups in total. The Morgan fingerprint density at radius 2 is 1.70 bits per heavy atom. The van der Waals surface area contributed by atoms with Gasteiger partial charge in [-0.05, 0) is 59.0 Å². The maximum absolute atomic E-state index is 13.3. The molecule has 3 aromatic rings. The van der Waals surface area contributed by atoms with E-state index in [1.807, 2.05) is 0 Å². The Morgan fingerprint density at radius 1 is 0.978 bits per heavy atom. The van der Waals surface area contributed by atoms with Crippen LogP contribution in [0.5, 0.6) is 0 Å². The van der Waals surface area contributed by atoms with Gasteiger partial charge >= 0.3 is 0 Å². The predicted molar refractivity (Wildman–Crippen MR) is 170 cm³/mol. The minimum Gasteiger partial charge on any atom is -0.348 e. The Labute approximate surface area is 280 Å². The molecule has 2 fully saturated rings. The van der Waals surface area contributed by atoms with Crippen LogP contribution in [0.4, 0.5) is 5.69 Å². The molecule has 1 aromatic heterocycles. The van der Waals surface area contributed by atoms with Crippen LogP contribution in [0.2, 0.25) is 10.0 Å². The van der Waals surface area contributed by atoms with E-state index in [2.05, 4.69) is 47.0 Å². The molecule has 2 aromatic carbocycles. The number of fused-ring (bicyclic) bond motifs is 1. The zero-order chi connectivity index (χ0) is 32.7. The molecule has 0 aliphatic carbocycles. The second kappa shape index (κ2) is 12.9. The van der Waals surface area contributed by atoms with Gasteiger partial charge in [0.1, 0.15) is 6.04 Å². The number of rotatable bonds is 7. The topological polar surface area (TPSA) is 174 Å². The van der Waals surface area contributed by atoms with Crippen LogP contribution in [-0.4, -0.2) is 80.6 Å². The van der Waals surface area contributed by atoms with Crippen LogP contribution >= 0.6 is 39.1 Å². The van der Waals surface area contributed by atoms with Crippen molar-refractivity contribution in [2.45, 2.75) is 44.3 Å². The SMILES string of the molecule is O=C1CCC(N2C(=O)c3ccc(CN4CCC(NC(=O)c5n[nH]cc5NC(=O)c5c(Cl)cccc5Cl)CC4)c(Br)c3C2=O)C(=O)N1. The lowest BCUT2D eigenvalue weighted by Crippen LogP contribution is -2.54. The van der Waals surface area contributed by atoms with Gasteiger partial charge in [0.25, 0.3) is 23.6 Å². The predicted octanol–water partition coefficient (Wildman–Crippen LogP) is 3.53. The average molecular weight is 731 g/mol. The highest BCUT2D eigenvalue weighted by atomic mass is 79.9. The number of carbonyl (C=O) groups is 6. The van der Waals surface area contributed by atoms with Crippen LogP contribution in [-0.2, 0) is 16.1 Å². The fourth-order valence-electron chi connectivity index (χ4n) is 5.87. The largest absolute Gasteiger partial charge is 0.348 e. The van der Waals surface area contributed by atoms with Crippen molar-refractivity contribution in [3.63, 3.8) is 0 Å². The molecule has 0 spiro atoms. The molecule has 13 nitrogen and oxygen atoms in total. The highest BCUT2D eigenvalue weighted by molar-refractivity contribution is 9.10. The maximum atomic E-state index is 13.3. The van der Waals surface area contributed by atoms with Gasteiger partial charge in [0.2, 0.25) is 11.8 Å². The van der Waals surface area contributed by atoms with Crippen molar-refractivity contribution >= 4 is 80.3 Å². The summed E-state index contributed by atoms with van der Waals surface area (Å²) in [5.74, 6) is -3.26. The van der Waals surface area contributed by atoms with E-state index in [0.29, 0.717) is 36.9 Å². The number of benzene rings is 2. The van der Waals surface area contributed by atoms with Crippen molar-refractivity contribution in [2.24, 2.45) is 0 Å². The summed E-state index contributed by atoms with van der Waals surface area (Å²) < 4.78 is 0.486. The third-order valence-electron chi connectivity index (χ3n) is 8.24. The number of amides is 6. The van der Waals surface area contributed by atoms with Gasteiger partial charge in [0.05, 0.1) is 32.4 Å². The van der Waals surface area contributed by atoms with Crippen LogP contribution < -0.4 is 16.0 Å². The average Bonchev–Trinajstić information content (AvgIpc) is 3.57. The van der Waals surface area contributed by atoms with Gasteiger partial charge in [-0.1, -0.05) is 35.3 Å². The lowest BCUT2D eigenvalue weighted by atomic mass is 10.0. The normalized spacial score (nSPS) is 18.8. The third kappa shape index (κ3) is 6.05. The van der Waals surface area contributed by atoms with E-state index < -0.39 is 41.5 Å². The summed E-state index contributed by atoms with van der Waals surface area (Å²) in [4.78, 5) is 79.4. The van der Waals surface area contributed by atoms with Crippen LogP contribution in [0.15, 0.2) is 41.0 Å². The molecular weight excluding hydrogens is 705 g/mol. The van der Waals surface area contributed by atoms with Crippen LogP contribution in [0.25, 0.3) is 0 Å². The van der Waals surface area contributed by atoms with Gasteiger partial charge in [-0.2, -0.15) is 5.10 Å². The summed E-state index contributed by atoms with van der Waals surface area (Å²) in [6.07, 6.45) is 2.80. The Kier molecular flexibility index (Phi) is 8.97. The molecule has 2 saturated heterocycles. The first-order chi connectivity index (χ1) is 22.0. The zero-order valence-electron chi connectivity index (χ0n) is 24.0. The fraction of sp³-hybridized carbons (Fsp3) is 0.300. The van der Waals surface area contributed by atoms with Crippen molar-refractivity contribution in [3.05, 3.63) is 79.0 Å². The van der Waals surface area contributed by atoms with E-state index in [1.165, 1.54) is 6.20 Å². The number of carbonyl (C=O) groups excluding carboxylic acids is 6. The van der Waals surface area contributed by atoms with Crippen molar-refractivity contribution in [3.8, 4) is 0 Å². The van der Waals surface area contributed by atoms with Gasteiger partial charge in [-0.25, -0.2) is 0 Å². The molecule has 1 atom stereocenters. The standard InChI is InChI=1S/C30H26BrCl2N7O6/c31-24-14(4-5-16-22(24)30(46)40(29(16)45)20-6-7-21(41)37-26(20)42)13-39-10-8-15(9-11-39)35-28(44)25-19(12-34-38-25)36-27(43)23-17(32)2-1-3-18(23)33/h1-5,12,15,20H,6-11,13H2,(H,34,38)(H,35,44)(H,36,43)(H,37,41,42). The number of H-pyrrole nitrogens is 1. The molecule has 0 bridgehead atoms. The molecule has 0 radical (unpaired) electrons. The summed E-state index contributed by atoms with van der Waals surface area (Å²) in [5.41, 5.74) is 1.49. The van der Waals surface area contributed by atoms with E-state index in [0.717, 1.165) is 10.5 Å². The van der Waals surface area contributed by atoms with Gasteiger partial charge in [0, 0.05) is 42.8 Å². The van der Waals surface area contributed by atoms with Crippen LogP contribution in [0.3, 0.4) is 0 Å². The number of halogens is 3. The molecule has 1 unspecified atom stereocenters. The third-order valence-corrected chi connectivity index (χ3v) is 9.77. The smallest absolute Gasteiger partial charge is 0.274 e. The second-order valence-corrected chi connectivity index (χ2v) is 12.7. The van der Waals surface area contributed by atoms with E-state index in [4.69, 9.17) is 23.2 Å². The van der Waals surface area contributed by atoms with Crippen molar-refractivity contribution in [1.29, 1.82) is 0 Å². The Hall–Kier alpha value is -4.11. The summed E-state index contributed by atoms with van der Waals surface area (Å²) >= 11 is 15.8. The molecule has 3 aliphatic rings. The Bertz CT molecular complexity index is 1790. The number of nitrogens with zero attached hydrogens (tertiary/aromatic N) is 3. The lowest BCUT2D eigenvalue weighted by molar-refractivity contribution is -0.136. The molecule has 238 valence electrons. The van der Waals surface area contributed by atoms with Crippen molar-refractivity contribution in [2.75, 3.05) is 18.4 Å². The van der Waals surface area contributed by atoms with Gasteiger partial charge in [-0.3, -0.25) is 49.0 Å². The van der Waals surface area contributed by atoms with E-state index >= 15 is 0 Å². The molecule has 16 heteroatoms. The van der Waals surface area contributed by atoms with Crippen molar-refractivity contribution < 1.29 is 28.8 Å². The monoisotopic (exact) mass is 729 g/mol. The van der Waals surface area contributed by atoms with Crippen LogP contribution in [0.1, 0.15) is 72.8 Å². The van der Waals surface area contributed by atoms with E-state index in [-0.39, 0.29) is 57.0 Å². The molecule has 3 aliphatic heterocycles. The molecule has 0 saturated carbocycles. The van der Waals surface area contributed by atoms with E-state index in [1.54, 1.807) is 30.3 Å². The van der Waals surface area contributed by atoms with Crippen LogP contribution in [0, 0.1) is 0 Å². The minimum atomic E-state index is -1.04. The van der Waals surface area contributed by atoms with Crippen molar-refractivity contribution in [1.82, 2.24) is 30.6 Å². The molecular formula is C30H26BrCl2N7O6. The second-order valence-electron chi connectivity index (χ2n) is 11.1. The minimum absolute atomic E-state index is 0.0200. The number of nitrogens with one attached hydrogen (secondary N) is 4. The van der Waals surface area contributed by atoms with E-state index in [9.17, 15) is 28.8 Å². The summed E-state index contributed by atoms with van der Waals surface area (Å²) in [7, 11) is 0. The number of anilines is 1. The Morgan fingerprint density at radius 3 is 2.39 bits per heavy atom. The van der Waals surface area contributed by atoms with Gasteiger partial charge in [0.15, 0.2) is 5.69 Å². The molecule has 46 heavy (non-hydrogen) atoms. The first-order valence-corrected chi connectivity index (χ1v) is 15.9. The summed E-state index contributed by atoms with van der Waals surface area (Å²) in [5, 5.41) is 14.8. The lowest BCUT2D eigenvalue weighted by Gasteiger charge is -2.32. The number of hydrogen-bond acceptors (Lipinski definition) is 8. The summed E-state index contributed by atoms with van der Waals surface area (Å²) in [6.45, 7) is 1.76. The number of aromatic amines is 1. The Balaban J connectivity index is 1.05. The number of likely N-dealkylation sites (tertiary alicyclic amines) is 1. The number of imide groups is 2. The quantitative estimate of drug-likeness (QED) is 0.267. The first-order valence-electron chi connectivity index (χ1n) is 14.4. The zero-order valence-corrected chi connectivity index (χ0v) is 27.1. The first kappa shape index (κ1) is 31.9. The van der Waals surface area contributed by atoms with Gasteiger partial charge < -0.3 is 10.6 Å². The maximum Gasteiger partial charge on any atom is 0.274 e. The summed E-state index contributed by atoms with van der Waals surface area (Å²) in [6, 6.07) is 6.89. The van der Waals surface area contributed by atoms with Gasteiger partial charge in [-0.15, -0.1) is 0 Å². The number of piperidine rings is 2. The number of hydrogen-bond donors (Lipinski definition) is 4.